The molecule has 2 aromatic carbocycles. The summed E-state index contributed by atoms with van der Waals surface area (Å²) in [5, 5.41) is 9.36. The van der Waals surface area contributed by atoms with E-state index in [9.17, 15) is 10.1 Å². The minimum Gasteiger partial charge on any atom is -0.341 e. The lowest BCUT2D eigenvalue weighted by atomic mass is 9.83. The van der Waals surface area contributed by atoms with Crippen LogP contribution < -0.4 is 4.90 Å². The van der Waals surface area contributed by atoms with Gasteiger partial charge in [0.1, 0.15) is 0 Å². The Morgan fingerprint density at radius 2 is 2.08 bits per heavy atom. The Morgan fingerprint density at radius 3 is 2.76 bits per heavy atom. The van der Waals surface area contributed by atoms with Gasteiger partial charge in [0, 0.05) is 22.3 Å². The van der Waals surface area contributed by atoms with Crippen molar-refractivity contribution in [1.29, 1.82) is 5.26 Å². The summed E-state index contributed by atoms with van der Waals surface area (Å²) in [4.78, 5) is 13.6. The maximum atomic E-state index is 11.5. The van der Waals surface area contributed by atoms with E-state index < -0.39 is 5.41 Å². The number of aldehydes is 1. The van der Waals surface area contributed by atoms with Gasteiger partial charge in [0.25, 0.3) is 0 Å². The molecule has 0 bridgehead atoms. The molecule has 0 saturated carbocycles. The fraction of sp³-hybridized carbons (Fsp3) is 0.238. The van der Waals surface area contributed by atoms with Crippen LogP contribution in [0.4, 0.5) is 5.69 Å². The van der Waals surface area contributed by atoms with E-state index in [-0.39, 0.29) is 0 Å². The van der Waals surface area contributed by atoms with Crippen molar-refractivity contribution in [3.63, 3.8) is 0 Å². The summed E-state index contributed by atoms with van der Waals surface area (Å²) in [5.74, 6) is 0. The molecule has 1 aliphatic rings. The van der Waals surface area contributed by atoms with Crippen LogP contribution in [0.5, 0.6) is 0 Å². The highest BCUT2D eigenvalue weighted by Gasteiger charge is 2.26. The number of carbonyl (C=O) groups is 1. The topological polar surface area (TPSA) is 44.1 Å². The number of nitrogens with zero attached hydrogens (tertiary/aromatic N) is 2. The van der Waals surface area contributed by atoms with Crippen LogP contribution in [0.25, 0.3) is 5.70 Å². The van der Waals surface area contributed by atoms with Crippen LogP contribution in [0.2, 0.25) is 0 Å². The van der Waals surface area contributed by atoms with Crippen LogP contribution in [0.3, 0.4) is 0 Å². The van der Waals surface area contributed by atoms with Crippen molar-refractivity contribution in [3.8, 4) is 6.07 Å². The minimum atomic E-state index is -0.511. The fourth-order valence-electron chi connectivity index (χ4n) is 3.19. The predicted molar refractivity (Wildman–Crippen MR) is 105 cm³/mol. The van der Waals surface area contributed by atoms with Gasteiger partial charge in [-0.15, -0.1) is 0 Å². The number of benzene rings is 2. The number of anilines is 1. The molecule has 0 aliphatic carbocycles. The SMILES string of the molecule is C=C1c2ccc(C(C)(C)C#N)cc2CCN1c1cccc(Br)c1C=O. The van der Waals surface area contributed by atoms with Crippen molar-refractivity contribution in [2.24, 2.45) is 0 Å². The third kappa shape index (κ3) is 3.01. The number of rotatable bonds is 3. The first-order chi connectivity index (χ1) is 11.9. The molecular formula is C21H19BrN2O. The lowest BCUT2D eigenvalue weighted by Crippen LogP contribution is -2.30. The first kappa shape index (κ1) is 17.4. The molecule has 0 atom stereocenters. The predicted octanol–water partition coefficient (Wildman–Crippen LogP) is 5.10. The second-order valence-corrected chi connectivity index (χ2v) is 7.60. The molecule has 0 fully saturated rings. The summed E-state index contributed by atoms with van der Waals surface area (Å²) in [6, 6.07) is 14.2. The molecule has 0 unspecified atom stereocenters. The Labute approximate surface area is 156 Å². The van der Waals surface area contributed by atoms with Crippen LogP contribution in [0, 0.1) is 11.3 Å². The Morgan fingerprint density at radius 1 is 1.32 bits per heavy atom. The van der Waals surface area contributed by atoms with E-state index >= 15 is 0 Å². The molecule has 1 heterocycles. The second kappa shape index (κ2) is 6.50. The normalized spacial score (nSPS) is 14.0. The van der Waals surface area contributed by atoms with Gasteiger partial charge in [-0.25, -0.2) is 0 Å². The smallest absolute Gasteiger partial charge is 0.153 e. The molecule has 0 spiro atoms. The zero-order valence-corrected chi connectivity index (χ0v) is 15.9. The van der Waals surface area contributed by atoms with E-state index in [1.165, 1.54) is 5.56 Å². The van der Waals surface area contributed by atoms with Gasteiger partial charge in [-0.1, -0.05) is 30.8 Å². The Bertz CT molecular complexity index is 909. The molecule has 0 saturated heterocycles. The average Bonchev–Trinajstić information content (AvgIpc) is 2.61. The summed E-state index contributed by atoms with van der Waals surface area (Å²) in [5.41, 5.74) is 5.15. The Kier molecular flexibility index (Phi) is 4.53. The first-order valence-electron chi connectivity index (χ1n) is 8.14. The van der Waals surface area contributed by atoms with Gasteiger partial charge in [0.15, 0.2) is 6.29 Å². The highest BCUT2D eigenvalue weighted by atomic mass is 79.9. The molecule has 126 valence electrons. The lowest BCUT2D eigenvalue weighted by molar-refractivity contribution is 0.112. The average molecular weight is 395 g/mol. The van der Waals surface area contributed by atoms with Gasteiger partial charge in [-0.05, 0) is 59.5 Å². The number of carbonyl (C=O) groups excluding carboxylic acids is 1. The van der Waals surface area contributed by atoms with Gasteiger partial charge in [-0.2, -0.15) is 5.26 Å². The van der Waals surface area contributed by atoms with Gasteiger partial charge in [0.05, 0.1) is 22.7 Å². The highest BCUT2D eigenvalue weighted by Crippen LogP contribution is 2.37. The monoisotopic (exact) mass is 394 g/mol. The van der Waals surface area contributed by atoms with Crippen molar-refractivity contribution >= 4 is 33.6 Å². The van der Waals surface area contributed by atoms with Crippen molar-refractivity contribution < 1.29 is 4.79 Å². The maximum Gasteiger partial charge on any atom is 0.153 e. The van der Waals surface area contributed by atoms with E-state index in [0.717, 1.165) is 46.2 Å². The van der Waals surface area contributed by atoms with E-state index in [4.69, 9.17) is 0 Å². The number of hydrogen-bond donors (Lipinski definition) is 0. The van der Waals surface area contributed by atoms with Crippen molar-refractivity contribution in [2.75, 3.05) is 11.4 Å². The summed E-state index contributed by atoms with van der Waals surface area (Å²) < 4.78 is 0.782. The molecule has 1 aliphatic heterocycles. The maximum absolute atomic E-state index is 11.5. The largest absolute Gasteiger partial charge is 0.341 e. The third-order valence-corrected chi connectivity index (χ3v) is 5.48. The molecule has 0 radical (unpaired) electrons. The van der Waals surface area contributed by atoms with Gasteiger partial charge in [-0.3, -0.25) is 4.79 Å². The van der Waals surface area contributed by atoms with Gasteiger partial charge in [0.2, 0.25) is 0 Å². The van der Waals surface area contributed by atoms with E-state index in [2.05, 4.69) is 39.5 Å². The molecule has 0 N–H and O–H groups in total. The summed E-state index contributed by atoms with van der Waals surface area (Å²) in [6.07, 6.45) is 1.72. The zero-order valence-electron chi connectivity index (χ0n) is 14.3. The van der Waals surface area contributed by atoms with Crippen molar-refractivity contribution in [2.45, 2.75) is 25.7 Å². The third-order valence-electron chi connectivity index (χ3n) is 4.79. The van der Waals surface area contributed by atoms with Gasteiger partial charge < -0.3 is 4.90 Å². The Hall–Kier alpha value is -2.38. The number of hydrogen-bond acceptors (Lipinski definition) is 3. The van der Waals surface area contributed by atoms with Crippen LogP contribution in [-0.2, 0) is 11.8 Å². The fourth-order valence-corrected chi connectivity index (χ4v) is 3.64. The van der Waals surface area contributed by atoms with Crippen LogP contribution in [0.15, 0.2) is 47.4 Å². The molecule has 25 heavy (non-hydrogen) atoms. The van der Waals surface area contributed by atoms with E-state index in [1.54, 1.807) is 0 Å². The van der Waals surface area contributed by atoms with Crippen molar-refractivity contribution in [1.82, 2.24) is 0 Å². The number of fused-ring (bicyclic) bond motifs is 1. The van der Waals surface area contributed by atoms with Gasteiger partial charge >= 0.3 is 0 Å². The molecule has 2 aromatic rings. The lowest BCUT2D eigenvalue weighted by Gasteiger charge is -2.34. The number of halogens is 1. The van der Waals surface area contributed by atoms with E-state index in [0.29, 0.717) is 5.56 Å². The second-order valence-electron chi connectivity index (χ2n) is 6.75. The first-order valence-corrected chi connectivity index (χ1v) is 8.93. The minimum absolute atomic E-state index is 0.511. The highest BCUT2D eigenvalue weighted by molar-refractivity contribution is 9.10. The Balaban J connectivity index is 2.02. The van der Waals surface area contributed by atoms with Crippen LogP contribution >= 0.6 is 15.9 Å². The summed E-state index contributed by atoms with van der Waals surface area (Å²) in [7, 11) is 0. The summed E-state index contributed by atoms with van der Waals surface area (Å²) >= 11 is 3.45. The molecular weight excluding hydrogens is 376 g/mol. The number of nitriles is 1. The van der Waals surface area contributed by atoms with Crippen molar-refractivity contribution in [3.05, 3.63) is 69.7 Å². The van der Waals surface area contributed by atoms with E-state index in [1.807, 2.05) is 44.2 Å². The summed E-state index contributed by atoms with van der Waals surface area (Å²) in [6.45, 7) is 8.86. The molecule has 0 amide bonds. The quantitative estimate of drug-likeness (QED) is 0.680. The van der Waals surface area contributed by atoms with Crippen LogP contribution in [0.1, 0.15) is 40.9 Å². The molecule has 3 nitrogen and oxygen atoms in total. The zero-order chi connectivity index (χ0) is 18.2. The molecule has 3 rings (SSSR count). The van der Waals surface area contributed by atoms with Crippen LogP contribution in [-0.4, -0.2) is 12.8 Å². The standard InChI is InChI=1S/C21H19BrN2O/c1-14-17-8-7-16(21(2,3)13-23)11-15(17)9-10-24(14)20-6-4-5-19(22)18(20)12-25/h4-8,11-12H,1,9-10H2,2-3H3. The molecule has 0 aromatic heterocycles. The molecule has 4 heteroatoms.